The van der Waals surface area contributed by atoms with E-state index < -0.39 is 24.1 Å². The summed E-state index contributed by atoms with van der Waals surface area (Å²) in [5.74, 6) is -0.922. The number of nitrogens with one attached hydrogen (secondary N) is 1. The highest BCUT2D eigenvalue weighted by molar-refractivity contribution is 6.33. The van der Waals surface area contributed by atoms with E-state index in [0.717, 1.165) is 6.42 Å². The number of anilines is 1. The fraction of sp³-hybridized carbons (Fsp3) is 0.429. The van der Waals surface area contributed by atoms with Crippen molar-refractivity contribution in [3.63, 3.8) is 0 Å². The van der Waals surface area contributed by atoms with Gasteiger partial charge >= 0.3 is 5.97 Å². The molecule has 2 rings (SSSR count). The number of rotatable bonds is 4. The van der Waals surface area contributed by atoms with Crippen LogP contribution in [0, 0.1) is 0 Å². The first-order valence-electron chi connectivity index (χ1n) is 6.45. The third-order valence-electron chi connectivity index (χ3n) is 2.99. The third kappa shape index (κ3) is 3.71. The van der Waals surface area contributed by atoms with Gasteiger partial charge in [0.15, 0.2) is 12.2 Å². The van der Waals surface area contributed by atoms with E-state index in [-0.39, 0.29) is 0 Å². The molecule has 0 bridgehead atoms. The molecule has 0 aliphatic carbocycles. The van der Waals surface area contributed by atoms with Crippen molar-refractivity contribution in [2.45, 2.75) is 32.0 Å². The molecular weight excluding hydrogens is 282 g/mol. The van der Waals surface area contributed by atoms with Crippen LogP contribution in [0.3, 0.4) is 0 Å². The van der Waals surface area contributed by atoms with E-state index in [1.54, 1.807) is 24.3 Å². The summed E-state index contributed by atoms with van der Waals surface area (Å²) in [4.78, 5) is 23.7. The largest absolute Gasteiger partial charge is 0.451 e. The summed E-state index contributed by atoms with van der Waals surface area (Å²) in [6.07, 6.45) is 0.0195. The smallest absolute Gasteiger partial charge is 0.336 e. The third-order valence-corrected chi connectivity index (χ3v) is 3.32. The minimum absolute atomic E-state index is 0.426. The lowest BCUT2D eigenvalue weighted by atomic mass is 10.2. The topological polar surface area (TPSA) is 64.6 Å². The normalized spacial score (nSPS) is 19.4. The summed E-state index contributed by atoms with van der Waals surface area (Å²) in [6, 6.07) is 6.86. The Kier molecular flexibility index (Phi) is 4.98. The van der Waals surface area contributed by atoms with E-state index in [1.807, 2.05) is 0 Å². The van der Waals surface area contributed by atoms with Crippen molar-refractivity contribution in [1.82, 2.24) is 0 Å². The molecule has 1 aromatic rings. The Morgan fingerprint density at radius 1 is 1.45 bits per heavy atom. The molecule has 0 spiro atoms. The molecule has 1 saturated heterocycles. The van der Waals surface area contributed by atoms with E-state index in [2.05, 4.69) is 5.32 Å². The maximum Gasteiger partial charge on any atom is 0.336 e. The Bertz CT molecular complexity index is 500. The molecule has 1 heterocycles. The molecule has 2 atom stereocenters. The Labute approximate surface area is 122 Å². The van der Waals surface area contributed by atoms with Crippen LogP contribution in [0.25, 0.3) is 0 Å². The van der Waals surface area contributed by atoms with Gasteiger partial charge in [-0.3, -0.25) is 4.79 Å². The first kappa shape index (κ1) is 14.8. The number of para-hydroxylation sites is 1. The summed E-state index contributed by atoms with van der Waals surface area (Å²) in [7, 11) is 0. The fourth-order valence-electron chi connectivity index (χ4n) is 1.86. The zero-order chi connectivity index (χ0) is 14.5. The average molecular weight is 298 g/mol. The van der Waals surface area contributed by atoms with Crippen LogP contribution < -0.4 is 5.32 Å². The van der Waals surface area contributed by atoms with Crippen LogP contribution in [-0.2, 0) is 19.1 Å². The molecule has 108 valence electrons. The van der Waals surface area contributed by atoms with Gasteiger partial charge in [0, 0.05) is 6.61 Å². The molecule has 0 saturated carbocycles. The summed E-state index contributed by atoms with van der Waals surface area (Å²) in [5.41, 5.74) is 0.485. The number of halogens is 1. The van der Waals surface area contributed by atoms with Crippen molar-refractivity contribution < 1.29 is 19.1 Å². The number of hydrogen-bond donors (Lipinski definition) is 1. The van der Waals surface area contributed by atoms with Crippen molar-refractivity contribution in [2.75, 3.05) is 11.9 Å². The van der Waals surface area contributed by atoms with Crippen molar-refractivity contribution in [3.8, 4) is 0 Å². The zero-order valence-electron chi connectivity index (χ0n) is 11.1. The van der Waals surface area contributed by atoms with Gasteiger partial charge in [0.05, 0.1) is 10.7 Å². The highest BCUT2D eigenvalue weighted by atomic mass is 35.5. The number of esters is 1. The molecule has 1 N–H and O–H groups in total. The molecule has 1 fully saturated rings. The van der Waals surface area contributed by atoms with E-state index >= 15 is 0 Å². The lowest BCUT2D eigenvalue weighted by molar-refractivity contribution is -0.162. The SMILES string of the molecule is C[C@H](OC(=O)[C@H]1CCCO1)C(=O)Nc1ccccc1Cl. The number of amides is 1. The number of carbonyl (C=O) groups excluding carboxylic acids is 2. The van der Waals surface area contributed by atoms with Crippen molar-refractivity contribution in [2.24, 2.45) is 0 Å². The van der Waals surface area contributed by atoms with Crippen LogP contribution in [0.15, 0.2) is 24.3 Å². The van der Waals surface area contributed by atoms with Gasteiger partial charge in [-0.25, -0.2) is 4.79 Å². The Morgan fingerprint density at radius 2 is 2.20 bits per heavy atom. The molecule has 1 aliphatic heterocycles. The van der Waals surface area contributed by atoms with Gasteiger partial charge < -0.3 is 14.8 Å². The highest BCUT2D eigenvalue weighted by Gasteiger charge is 2.28. The van der Waals surface area contributed by atoms with Crippen LogP contribution in [-0.4, -0.2) is 30.7 Å². The van der Waals surface area contributed by atoms with Crippen LogP contribution >= 0.6 is 11.6 Å². The van der Waals surface area contributed by atoms with E-state index in [1.165, 1.54) is 6.92 Å². The summed E-state index contributed by atoms with van der Waals surface area (Å²) >= 11 is 5.94. The van der Waals surface area contributed by atoms with Gasteiger partial charge in [-0.05, 0) is 31.9 Å². The lowest BCUT2D eigenvalue weighted by Gasteiger charge is -2.16. The molecule has 0 radical (unpaired) electrons. The van der Waals surface area contributed by atoms with Gasteiger partial charge in [0.2, 0.25) is 0 Å². The first-order valence-corrected chi connectivity index (χ1v) is 6.83. The Hall–Kier alpha value is -1.59. The van der Waals surface area contributed by atoms with Gasteiger partial charge in [-0.1, -0.05) is 23.7 Å². The second kappa shape index (κ2) is 6.72. The minimum Gasteiger partial charge on any atom is -0.451 e. The predicted octanol–water partition coefficient (Wildman–Crippen LogP) is 2.39. The molecule has 20 heavy (non-hydrogen) atoms. The summed E-state index contributed by atoms with van der Waals surface area (Å²) in [6.45, 7) is 2.07. The van der Waals surface area contributed by atoms with Crippen molar-refractivity contribution in [1.29, 1.82) is 0 Å². The van der Waals surface area contributed by atoms with E-state index in [9.17, 15) is 9.59 Å². The monoisotopic (exact) mass is 297 g/mol. The second-order valence-corrected chi connectivity index (χ2v) is 4.96. The maximum absolute atomic E-state index is 11.9. The molecule has 1 aliphatic rings. The fourth-order valence-corrected chi connectivity index (χ4v) is 2.05. The van der Waals surface area contributed by atoms with Gasteiger partial charge in [0.25, 0.3) is 5.91 Å². The number of carbonyl (C=O) groups is 2. The highest BCUT2D eigenvalue weighted by Crippen LogP contribution is 2.21. The Balaban J connectivity index is 1.88. The summed E-state index contributed by atoms with van der Waals surface area (Å²) in [5, 5.41) is 3.05. The van der Waals surface area contributed by atoms with Crippen molar-refractivity contribution in [3.05, 3.63) is 29.3 Å². The van der Waals surface area contributed by atoms with Crippen LogP contribution in [0.5, 0.6) is 0 Å². The average Bonchev–Trinajstić information content (AvgIpc) is 2.95. The second-order valence-electron chi connectivity index (χ2n) is 4.55. The molecule has 0 unspecified atom stereocenters. The molecule has 6 heteroatoms. The molecule has 1 amide bonds. The number of ether oxygens (including phenoxy) is 2. The van der Waals surface area contributed by atoms with Gasteiger partial charge in [-0.2, -0.15) is 0 Å². The van der Waals surface area contributed by atoms with Crippen LogP contribution in [0.1, 0.15) is 19.8 Å². The van der Waals surface area contributed by atoms with E-state index in [0.29, 0.717) is 23.7 Å². The maximum atomic E-state index is 11.9. The summed E-state index contributed by atoms with van der Waals surface area (Å²) < 4.78 is 10.3. The number of benzene rings is 1. The molecule has 0 aromatic heterocycles. The molecule has 5 nitrogen and oxygen atoms in total. The lowest BCUT2D eigenvalue weighted by Crippen LogP contribution is -2.34. The number of hydrogen-bond acceptors (Lipinski definition) is 4. The minimum atomic E-state index is -0.900. The van der Waals surface area contributed by atoms with Gasteiger partial charge in [0.1, 0.15) is 0 Å². The van der Waals surface area contributed by atoms with Crippen LogP contribution in [0.2, 0.25) is 5.02 Å². The quantitative estimate of drug-likeness (QED) is 0.867. The predicted molar refractivity (Wildman–Crippen MR) is 74.6 cm³/mol. The van der Waals surface area contributed by atoms with Gasteiger partial charge in [-0.15, -0.1) is 0 Å². The zero-order valence-corrected chi connectivity index (χ0v) is 11.9. The van der Waals surface area contributed by atoms with Crippen LogP contribution in [0.4, 0.5) is 5.69 Å². The Morgan fingerprint density at radius 3 is 2.85 bits per heavy atom. The molecular formula is C14H16ClNO4. The van der Waals surface area contributed by atoms with E-state index in [4.69, 9.17) is 21.1 Å². The standard InChI is InChI=1S/C14H16ClNO4/c1-9(20-14(18)12-7-4-8-19-12)13(17)16-11-6-3-2-5-10(11)15/h2-3,5-6,9,12H,4,7-8H2,1H3,(H,16,17)/t9-,12+/m0/s1. The molecule has 1 aromatic carbocycles. The first-order chi connectivity index (χ1) is 9.58. The van der Waals surface area contributed by atoms with Crippen molar-refractivity contribution >= 4 is 29.2 Å².